The highest BCUT2D eigenvalue weighted by Crippen LogP contribution is 2.13. The van der Waals surface area contributed by atoms with Crippen molar-refractivity contribution in [2.24, 2.45) is 0 Å². The lowest BCUT2D eigenvalue weighted by Crippen LogP contribution is -3.15. The van der Waals surface area contributed by atoms with Crippen LogP contribution in [-0.2, 0) is 9.53 Å². The van der Waals surface area contributed by atoms with Crippen LogP contribution in [0.3, 0.4) is 0 Å². The summed E-state index contributed by atoms with van der Waals surface area (Å²) >= 11 is 3.36. The number of ether oxygens (including phenoxy) is 1. The molecule has 1 aliphatic rings. The molecule has 1 aromatic carbocycles. The first-order valence-corrected chi connectivity index (χ1v) is 8.18. The molecular weight excluding hydrogens is 350 g/mol. The Kier molecular flexibility index (Phi) is 6.21. The molecule has 0 spiro atoms. The van der Waals surface area contributed by atoms with Crippen molar-refractivity contribution in [3.05, 3.63) is 28.7 Å². The summed E-state index contributed by atoms with van der Waals surface area (Å²) in [7, 11) is 0. The minimum Gasteiger partial charge on any atom is -0.450 e. The number of anilines is 1. The zero-order valence-electron chi connectivity index (χ0n) is 12.6. The third-order valence-electron chi connectivity index (χ3n) is 3.54. The topological polar surface area (TPSA) is 63.1 Å². The molecular formula is C15H21BrN3O3+. The van der Waals surface area contributed by atoms with Crippen LogP contribution in [0.5, 0.6) is 0 Å². The number of hydrogen-bond acceptors (Lipinski definition) is 3. The molecule has 2 amide bonds. The van der Waals surface area contributed by atoms with E-state index in [1.165, 1.54) is 4.90 Å². The number of quaternary nitrogens is 1. The number of amides is 2. The van der Waals surface area contributed by atoms with Gasteiger partial charge < -0.3 is 15.0 Å². The number of piperazine rings is 1. The van der Waals surface area contributed by atoms with Gasteiger partial charge in [0.15, 0.2) is 6.54 Å². The fourth-order valence-electron chi connectivity index (χ4n) is 2.36. The van der Waals surface area contributed by atoms with Gasteiger partial charge in [-0.3, -0.25) is 9.69 Å². The number of hydrogen-bond donors (Lipinski definition) is 2. The molecule has 0 radical (unpaired) electrons. The molecule has 0 aromatic heterocycles. The molecule has 1 saturated heterocycles. The highest BCUT2D eigenvalue weighted by Gasteiger charge is 2.25. The molecule has 1 aromatic rings. The molecule has 2 N–H and O–H groups in total. The molecule has 22 heavy (non-hydrogen) atoms. The van der Waals surface area contributed by atoms with Gasteiger partial charge in [0.2, 0.25) is 0 Å². The van der Waals surface area contributed by atoms with Crippen LogP contribution >= 0.6 is 15.9 Å². The number of halogens is 1. The van der Waals surface area contributed by atoms with E-state index in [4.69, 9.17) is 4.74 Å². The average molecular weight is 371 g/mol. The highest BCUT2D eigenvalue weighted by molar-refractivity contribution is 9.10. The molecule has 1 fully saturated rings. The predicted octanol–water partition coefficient (Wildman–Crippen LogP) is 0.745. The molecule has 0 unspecified atom stereocenters. The predicted molar refractivity (Wildman–Crippen MR) is 86.9 cm³/mol. The molecule has 0 atom stereocenters. The summed E-state index contributed by atoms with van der Waals surface area (Å²) in [6, 6.07) is 7.49. The fraction of sp³-hybridized carbons (Fsp3) is 0.467. The summed E-state index contributed by atoms with van der Waals surface area (Å²) < 4.78 is 5.96. The van der Waals surface area contributed by atoms with Crippen molar-refractivity contribution in [2.75, 3.05) is 44.6 Å². The van der Waals surface area contributed by atoms with E-state index in [9.17, 15) is 9.59 Å². The number of carbonyl (C=O) groups excluding carboxylic acids is 2. The van der Waals surface area contributed by atoms with Gasteiger partial charge in [0.1, 0.15) is 0 Å². The van der Waals surface area contributed by atoms with Gasteiger partial charge >= 0.3 is 6.09 Å². The average Bonchev–Trinajstić information content (AvgIpc) is 2.50. The van der Waals surface area contributed by atoms with Gasteiger partial charge in [-0.25, -0.2) is 4.79 Å². The highest BCUT2D eigenvalue weighted by atomic mass is 79.9. The maximum Gasteiger partial charge on any atom is 0.410 e. The first kappa shape index (κ1) is 16.8. The first-order valence-electron chi connectivity index (χ1n) is 7.39. The van der Waals surface area contributed by atoms with Gasteiger partial charge in [0.05, 0.1) is 32.8 Å². The van der Waals surface area contributed by atoms with E-state index in [0.717, 1.165) is 23.2 Å². The van der Waals surface area contributed by atoms with E-state index >= 15 is 0 Å². The Morgan fingerprint density at radius 3 is 2.50 bits per heavy atom. The summed E-state index contributed by atoms with van der Waals surface area (Å²) in [6.45, 7) is 5.36. The van der Waals surface area contributed by atoms with Crippen molar-refractivity contribution in [1.82, 2.24) is 4.90 Å². The standard InChI is InChI=1S/C15H20BrN3O3/c1-2-22-15(21)19-9-7-18(8-10-19)11-14(20)17-13-5-3-12(16)4-6-13/h3-6H,2,7-11H2,1H3,(H,17,20)/p+1. The Morgan fingerprint density at radius 1 is 1.27 bits per heavy atom. The van der Waals surface area contributed by atoms with Gasteiger partial charge in [-0.15, -0.1) is 0 Å². The SMILES string of the molecule is CCOC(=O)N1CC[NH+](CC(=O)Nc2ccc(Br)cc2)CC1. The fourth-order valence-corrected chi connectivity index (χ4v) is 2.63. The lowest BCUT2D eigenvalue weighted by molar-refractivity contribution is -0.895. The van der Waals surface area contributed by atoms with Crippen LogP contribution < -0.4 is 10.2 Å². The van der Waals surface area contributed by atoms with Crippen LogP contribution in [0.1, 0.15) is 6.92 Å². The molecule has 6 nitrogen and oxygen atoms in total. The molecule has 0 aliphatic carbocycles. The molecule has 0 bridgehead atoms. The summed E-state index contributed by atoms with van der Waals surface area (Å²) in [6.07, 6.45) is -0.263. The minimum absolute atomic E-state index is 0.0121. The van der Waals surface area contributed by atoms with E-state index < -0.39 is 0 Å². The van der Waals surface area contributed by atoms with Crippen molar-refractivity contribution in [3.63, 3.8) is 0 Å². The second-order valence-electron chi connectivity index (χ2n) is 5.17. The third kappa shape index (κ3) is 4.99. The Balaban J connectivity index is 1.74. The summed E-state index contributed by atoms with van der Waals surface area (Å²) in [5.41, 5.74) is 0.790. The number of benzene rings is 1. The summed E-state index contributed by atoms with van der Waals surface area (Å²) in [4.78, 5) is 26.5. The number of carbonyl (C=O) groups is 2. The van der Waals surface area contributed by atoms with Gasteiger partial charge in [0, 0.05) is 10.2 Å². The van der Waals surface area contributed by atoms with Crippen LogP contribution in [0.4, 0.5) is 10.5 Å². The van der Waals surface area contributed by atoms with Crippen molar-refractivity contribution in [1.29, 1.82) is 0 Å². The van der Waals surface area contributed by atoms with E-state index in [1.54, 1.807) is 11.8 Å². The van der Waals surface area contributed by atoms with Crippen LogP contribution in [-0.4, -0.2) is 56.2 Å². The Bertz CT molecular complexity index is 513. The quantitative estimate of drug-likeness (QED) is 0.821. The Labute approximate surface area is 138 Å². The number of nitrogens with zero attached hydrogens (tertiary/aromatic N) is 1. The summed E-state index contributed by atoms with van der Waals surface area (Å²) in [5.74, 6) is -0.0121. The van der Waals surface area contributed by atoms with Crippen LogP contribution in [0, 0.1) is 0 Å². The first-order chi connectivity index (χ1) is 10.6. The molecule has 120 valence electrons. The number of nitrogens with one attached hydrogen (secondary N) is 2. The molecule has 0 saturated carbocycles. The minimum atomic E-state index is -0.263. The zero-order chi connectivity index (χ0) is 15.9. The lowest BCUT2D eigenvalue weighted by Gasteiger charge is -2.31. The molecule has 2 rings (SSSR count). The maximum atomic E-state index is 12.0. The second kappa shape index (κ2) is 8.14. The van der Waals surface area contributed by atoms with Crippen molar-refractivity contribution in [3.8, 4) is 0 Å². The monoisotopic (exact) mass is 370 g/mol. The maximum absolute atomic E-state index is 12.0. The molecule has 1 heterocycles. The van der Waals surface area contributed by atoms with Crippen molar-refractivity contribution >= 4 is 33.6 Å². The van der Waals surface area contributed by atoms with Crippen LogP contribution in [0.2, 0.25) is 0 Å². The van der Waals surface area contributed by atoms with E-state index in [0.29, 0.717) is 26.2 Å². The number of rotatable bonds is 4. The van der Waals surface area contributed by atoms with Gasteiger partial charge in [0.25, 0.3) is 5.91 Å². The van der Waals surface area contributed by atoms with E-state index in [-0.39, 0.29) is 12.0 Å². The normalized spacial score (nSPS) is 15.5. The van der Waals surface area contributed by atoms with Crippen LogP contribution in [0.15, 0.2) is 28.7 Å². The van der Waals surface area contributed by atoms with Gasteiger partial charge in [-0.2, -0.15) is 0 Å². The third-order valence-corrected chi connectivity index (χ3v) is 4.06. The van der Waals surface area contributed by atoms with E-state index in [1.807, 2.05) is 24.3 Å². The molecule has 1 aliphatic heterocycles. The van der Waals surface area contributed by atoms with Crippen molar-refractivity contribution < 1.29 is 19.2 Å². The largest absolute Gasteiger partial charge is 0.450 e. The van der Waals surface area contributed by atoms with Gasteiger partial charge in [-0.1, -0.05) is 15.9 Å². The lowest BCUT2D eigenvalue weighted by atomic mass is 10.3. The summed E-state index contributed by atoms with van der Waals surface area (Å²) in [5, 5.41) is 2.88. The van der Waals surface area contributed by atoms with E-state index in [2.05, 4.69) is 21.2 Å². The Morgan fingerprint density at radius 2 is 1.91 bits per heavy atom. The zero-order valence-corrected chi connectivity index (χ0v) is 14.2. The van der Waals surface area contributed by atoms with Crippen molar-refractivity contribution in [2.45, 2.75) is 6.92 Å². The smallest absolute Gasteiger partial charge is 0.410 e. The Hall–Kier alpha value is -1.60. The van der Waals surface area contributed by atoms with Crippen LogP contribution in [0.25, 0.3) is 0 Å². The second-order valence-corrected chi connectivity index (χ2v) is 6.08. The molecule has 7 heteroatoms. The van der Waals surface area contributed by atoms with Gasteiger partial charge in [-0.05, 0) is 31.2 Å².